The van der Waals surface area contributed by atoms with Gasteiger partial charge in [0, 0.05) is 35.7 Å². The van der Waals surface area contributed by atoms with Crippen LogP contribution in [0.3, 0.4) is 0 Å². The van der Waals surface area contributed by atoms with Crippen LogP contribution in [0.5, 0.6) is 0 Å². The molecule has 5 heteroatoms. The topological polar surface area (TPSA) is 55.8 Å². The highest BCUT2D eigenvalue weighted by molar-refractivity contribution is 6.15. The Labute approximate surface area is 205 Å². The van der Waals surface area contributed by atoms with E-state index in [2.05, 4.69) is 55.1 Å². The number of fused-ring (bicyclic) bond motifs is 3. The minimum atomic E-state index is -1.04. The Morgan fingerprint density at radius 1 is 0.857 bits per heavy atom. The highest BCUT2D eigenvalue weighted by Crippen LogP contribution is 2.61. The predicted octanol–water partition coefficient (Wildman–Crippen LogP) is 5.63. The molecule has 4 saturated carbocycles. The van der Waals surface area contributed by atoms with Gasteiger partial charge in [-0.05, 0) is 78.5 Å². The molecule has 0 unspecified atom stereocenters. The molecule has 5 nitrogen and oxygen atoms in total. The van der Waals surface area contributed by atoms with Crippen molar-refractivity contribution in [3.63, 3.8) is 0 Å². The number of esters is 2. The number of anilines is 1. The molecule has 1 saturated heterocycles. The zero-order valence-corrected chi connectivity index (χ0v) is 20.5. The van der Waals surface area contributed by atoms with Crippen LogP contribution in [0.25, 0.3) is 10.8 Å². The number of likely N-dealkylation sites (N-methyl/N-ethyl adjacent to an activating group) is 1. The molecule has 8 rings (SSSR count). The molecule has 1 spiro atoms. The van der Waals surface area contributed by atoms with E-state index in [1.54, 1.807) is 6.08 Å². The van der Waals surface area contributed by atoms with Crippen LogP contribution in [0.2, 0.25) is 0 Å². The molecule has 0 amide bonds. The minimum Gasteiger partial charge on any atom is -0.418 e. The van der Waals surface area contributed by atoms with Gasteiger partial charge < -0.3 is 14.4 Å². The standard InChI is InChI=1S/C30H31NO4/c1-29(2)25(31(3)24-10-8-19-6-4-5-7-22(19)26(24)29)11-9-23-27(32)34-30(35-28(23)33)20-13-17-12-18(15-20)16-21(30)14-17/h4-11,17-18,20-21H,12-16H2,1-3H3. The smallest absolute Gasteiger partial charge is 0.348 e. The molecular weight excluding hydrogens is 438 g/mol. The molecule has 2 aromatic carbocycles. The lowest BCUT2D eigenvalue weighted by molar-refractivity contribution is -0.313. The van der Waals surface area contributed by atoms with Crippen molar-refractivity contribution in [2.24, 2.45) is 23.7 Å². The summed E-state index contributed by atoms with van der Waals surface area (Å²) >= 11 is 0. The Morgan fingerprint density at radius 3 is 2.14 bits per heavy atom. The summed E-state index contributed by atoms with van der Waals surface area (Å²) < 4.78 is 12.1. The van der Waals surface area contributed by atoms with E-state index in [9.17, 15) is 9.59 Å². The quantitative estimate of drug-likeness (QED) is 0.308. The summed E-state index contributed by atoms with van der Waals surface area (Å²) in [5.41, 5.74) is 3.10. The van der Waals surface area contributed by atoms with E-state index in [4.69, 9.17) is 9.47 Å². The summed E-state index contributed by atoms with van der Waals surface area (Å²) in [6.45, 7) is 4.38. The van der Waals surface area contributed by atoms with E-state index in [0.29, 0.717) is 11.8 Å². The van der Waals surface area contributed by atoms with Gasteiger partial charge in [0.2, 0.25) is 0 Å². The number of hydrogen-bond acceptors (Lipinski definition) is 5. The molecule has 2 aliphatic heterocycles. The van der Waals surface area contributed by atoms with Crippen molar-refractivity contribution in [3.05, 3.63) is 65.4 Å². The molecule has 0 radical (unpaired) electrons. The number of carbonyl (C=O) groups is 2. The first-order valence-corrected chi connectivity index (χ1v) is 12.9. The third-order valence-electron chi connectivity index (χ3n) is 9.52. The molecule has 4 bridgehead atoms. The molecule has 4 aliphatic carbocycles. The fraction of sp³-hybridized carbons (Fsp3) is 0.467. The van der Waals surface area contributed by atoms with E-state index in [0.717, 1.165) is 37.1 Å². The maximum absolute atomic E-state index is 13.2. The molecule has 2 heterocycles. The molecule has 0 N–H and O–H groups in total. The van der Waals surface area contributed by atoms with Gasteiger partial charge in [0.05, 0.1) is 0 Å². The lowest BCUT2D eigenvalue weighted by Gasteiger charge is -2.59. The van der Waals surface area contributed by atoms with E-state index < -0.39 is 17.7 Å². The number of nitrogens with zero attached hydrogens (tertiary/aromatic N) is 1. The second kappa shape index (κ2) is 6.99. The van der Waals surface area contributed by atoms with Gasteiger partial charge in [-0.25, -0.2) is 9.59 Å². The van der Waals surface area contributed by atoms with Gasteiger partial charge in [-0.1, -0.05) is 44.2 Å². The van der Waals surface area contributed by atoms with Crippen LogP contribution in [-0.2, 0) is 24.5 Å². The lowest BCUT2D eigenvalue weighted by atomic mass is 9.53. The molecule has 6 aliphatic rings. The van der Waals surface area contributed by atoms with Gasteiger partial charge in [-0.2, -0.15) is 0 Å². The van der Waals surface area contributed by atoms with Crippen molar-refractivity contribution in [3.8, 4) is 0 Å². The maximum Gasteiger partial charge on any atom is 0.348 e. The summed E-state index contributed by atoms with van der Waals surface area (Å²) in [7, 11) is 2.04. The van der Waals surface area contributed by atoms with Crippen molar-refractivity contribution in [2.45, 2.75) is 57.2 Å². The first-order chi connectivity index (χ1) is 16.8. The van der Waals surface area contributed by atoms with Gasteiger partial charge in [0.25, 0.3) is 5.79 Å². The molecule has 0 atom stereocenters. The predicted molar refractivity (Wildman–Crippen MR) is 134 cm³/mol. The molecule has 5 fully saturated rings. The SMILES string of the molecule is CN1C(=CC=C2C(=O)OC3(OC2=O)C2CC4CC(C2)CC3C4)C(C)(C)c2c1ccc1ccccc21. The second-order valence-electron chi connectivity index (χ2n) is 11.8. The van der Waals surface area contributed by atoms with Crippen LogP contribution in [-0.4, -0.2) is 24.8 Å². The highest BCUT2D eigenvalue weighted by atomic mass is 16.7. The molecule has 0 aromatic heterocycles. The van der Waals surface area contributed by atoms with Crippen molar-refractivity contribution in [1.29, 1.82) is 0 Å². The summed E-state index contributed by atoms with van der Waals surface area (Å²) in [4.78, 5) is 28.6. The zero-order valence-electron chi connectivity index (χ0n) is 20.5. The average Bonchev–Trinajstić information content (AvgIpc) is 3.02. The van der Waals surface area contributed by atoms with Crippen LogP contribution in [0, 0.1) is 23.7 Å². The number of hydrogen-bond donors (Lipinski definition) is 0. The van der Waals surface area contributed by atoms with Gasteiger partial charge in [-0.3, -0.25) is 0 Å². The van der Waals surface area contributed by atoms with Crippen LogP contribution in [0.15, 0.2) is 59.8 Å². The van der Waals surface area contributed by atoms with E-state index in [1.165, 1.54) is 22.8 Å². The fourth-order valence-electron chi connectivity index (χ4n) is 8.17. The van der Waals surface area contributed by atoms with Crippen molar-refractivity contribution >= 4 is 28.4 Å². The molecular formula is C30H31NO4. The average molecular weight is 470 g/mol. The first-order valence-electron chi connectivity index (χ1n) is 12.9. The second-order valence-corrected chi connectivity index (χ2v) is 11.8. The maximum atomic E-state index is 13.2. The molecule has 2 aromatic rings. The van der Waals surface area contributed by atoms with Gasteiger partial charge >= 0.3 is 11.9 Å². The van der Waals surface area contributed by atoms with Gasteiger partial charge in [0.15, 0.2) is 0 Å². The van der Waals surface area contributed by atoms with Gasteiger partial charge in [-0.15, -0.1) is 0 Å². The third-order valence-corrected chi connectivity index (χ3v) is 9.52. The van der Waals surface area contributed by atoms with Crippen molar-refractivity contribution in [1.82, 2.24) is 0 Å². The normalized spacial score (nSPS) is 35.6. The highest BCUT2D eigenvalue weighted by Gasteiger charge is 2.64. The van der Waals surface area contributed by atoms with E-state index in [1.807, 2.05) is 13.1 Å². The first kappa shape index (κ1) is 21.2. The Bertz CT molecular complexity index is 1300. The Hall–Kier alpha value is -3.08. The van der Waals surface area contributed by atoms with E-state index >= 15 is 0 Å². The van der Waals surface area contributed by atoms with E-state index in [-0.39, 0.29) is 22.8 Å². The van der Waals surface area contributed by atoms with Crippen molar-refractivity contribution < 1.29 is 19.1 Å². The number of ether oxygens (including phenoxy) is 2. The minimum absolute atomic E-state index is 0.0121. The third kappa shape index (κ3) is 2.81. The number of allylic oxidation sites excluding steroid dienone is 3. The summed E-state index contributed by atoms with van der Waals surface area (Å²) in [5.74, 6) is -0.424. The summed E-state index contributed by atoms with van der Waals surface area (Å²) in [6, 6.07) is 12.7. The van der Waals surface area contributed by atoms with Crippen LogP contribution < -0.4 is 4.90 Å². The zero-order chi connectivity index (χ0) is 24.1. The molecule has 180 valence electrons. The summed E-state index contributed by atoms with van der Waals surface area (Å²) in [5, 5.41) is 2.42. The number of benzene rings is 2. The fourth-order valence-corrected chi connectivity index (χ4v) is 8.17. The van der Waals surface area contributed by atoms with Crippen LogP contribution >= 0.6 is 0 Å². The Kier molecular flexibility index (Phi) is 4.24. The van der Waals surface area contributed by atoms with Crippen LogP contribution in [0.1, 0.15) is 51.5 Å². The number of carbonyl (C=O) groups excluding carboxylic acids is 2. The monoisotopic (exact) mass is 469 g/mol. The van der Waals surface area contributed by atoms with Gasteiger partial charge in [0.1, 0.15) is 5.57 Å². The molecule has 35 heavy (non-hydrogen) atoms. The summed E-state index contributed by atoms with van der Waals surface area (Å²) in [6.07, 6.45) is 8.79. The van der Waals surface area contributed by atoms with Crippen molar-refractivity contribution in [2.75, 3.05) is 11.9 Å². The Balaban J connectivity index is 1.22. The lowest BCUT2D eigenvalue weighted by Crippen LogP contribution is -2.63. The van der Waals surface area contributed by atoms with Crippen LogP contribution in [0.4, 0.5) is 5.69 Å². The Morgan fingerprint density at radius 2 is 1.49 bits per heavy atom. The largest absolute Gasteiger partial charge is 0.418 e. The number of rotatable bonds is 1.